The van der Waals surface area contributed by atoms with Crippen LogP contribution >= 0.6 is 0 Å². The standard InChI is InChI=1S/C18H23NOS/c1-13-5-4-6-16(8-13)11-21(20)12-18(19)17-9-14(2)7-15(3)10-17/h4-10,18H,11-12,19H2,1-3H3. The summed E-state index contributed by atoms with van der Waals surface area (Å²) in [5.74, 6) is 1.07. The number of aryl methyl sites for hydroxylation is 3. The Morgan fingerprint density at radius 3 is 2.29 bits per heavy atom. The zero-order chi connectivity index (χ0) is 15.4. The minimum Gasteiger partial charge on any atom is -0.323 e. The van der Waals surface area contributed by atoms with Crippen molar-refractivity contribution >= 4 is 10.8 Å². The molecule has 2 aromatic carbocycles. The third kappa shape index (κ3) is 4.80. The van der Waals surface area contributed by atoms with Gasteiger partial charge in [-0.2, -0.15) is 0 Å². The molecule has 0 aliphatic rings. The molecule has 0 aliphatic heterocycles. The van der Waals surface area contributed by atoms with Crippen LogP contribution in [0.15, 0.2) is 42.5 Å². The normalized spacial score (nSPS) is 13.9. The molecule has 0 saturated heterocycles. The van der Waals surface area contributed by atoms with Crippen LogP contribution in [0.3, 0.4) is 0 Å². The quantitative estimate of drug-likeness (QED) is 0.917. The zero-order valence-corrected chi connectivity index (χ0v) is 13.7. The number of benzene rings is 2. The molecule has 0 saturated carbocycles. The summed E-state index contributed by atoms with van der Waals surface area (Å²) in [6.07, 6.45) is 0. The lowest BCUT2D eigenvalue weighted by Gasteiger charge is -2.14. The summed E-state index contributed by atoms with van der Waals surface area (Å²) in [7, 11) is -0.948. The van der Waals surface area contributed by atoms with Gasteiger partial charge in [-0.3, -0.25) is 4.21 Å². The number of hydrogen-bond donors (Lipinski definition) is 1. The van der Waals surface area contributed by atoms with Gasteiger partial charge in [0.05, 0.1) is 0 Å². The summed E-state index contributed by atoms with van der Waals surface area (Å²) in [6.45, 7) is 6.17. The smallest absolute Gasteiger partial charge is 0.0486 e. The minimum absolute atomic E-state index is 0.172. The molecule has 0 bridgehead atoms. The molecule has 2 rings (SSSR count). The highest BCUT2D eigenvalue weighted by Crippen LogP contribution is 2.17. The van der Waals surface area contributed by atoms with E-state index >= 15 is 0 Å². The van der Waals surface area contributed by atoms with Crippen molar-refractivity contribution in [2.75, 3.05) is 5.75 Å². The second kappa shape index (κ2) is 7.01. The summed E-state index contributed by atoms with van der Waals surface area (Å²) in [5, 5.41) is 0. The Labute approximate surface area is 129 Å². The van der Waals surface area contributed by atoms with Gasteiger partial charge in [0.25, 0.3) is 0 Å². The van der Waals surface area contributed by atoms with Crippen LogP contribution in [0.2, 0.25) is 0 Å². The van der Waals surface area contributed by atoms with Gasteiger partial charge in [-0.1, -0.05) is 59.2 Å². The van der Waals surface area contributed by atoms with E-state index in [-0.39, 0.29) is 6.04 Å². The molecule has 0 fully saturated rings. The molecule has 2 aromatic rings. The van der Waals surface area contributed by atoms with E-state index in [0.29, 0.717) is 11.5 Å². The lowest BCUT2D eigenvalue weighted by atomic mass is 10.0. The molecule has 0 radical (unpaired) electrons. The number of rotatable bonds is 5. The van der Waals surface area contributed by atoms with Gasteiger partial charge in [0, 0.05) is 28.3 Å². The van der Waals surface area contributed by atoms with Crippen LogP contribution in [-0.4, -0.2) is 9.96 Å². The Hall–Kier alpha value is -1.45. The second-order valence-electron chi connectivity index (χ2n) is 5.77. The molecule has 2 atom stereocenters. The Bertz CT molecular complexity index is 631. The molecule has 112 valence electrons. The maximum absolute atomic E-state index is 12.3. The summed E-state index contributed by atoms with van der Waals surface area (Å²) >= 11 is 0. The van der Waals surface area contributed by atoms with Crippen molar-refractivity contribution in [3.05, 3.63) is 70.3 Å². The molecule has 0 amide bonds. The largest absolute Gasteiger partial charge is 0.323 e. The van der Waals surface area contributed by atoms with E-state index < -0.39 is 10.8 Å². The Kier molecular flexibility index (Phi) is 5.32. The van der Waals surface area contributed by atoms with Gasteiger partial charge in [0.1, 0.15) is 0 Å². The Morgan fingerprint density at radius 1 is 1.00 bits per heavy atom. The highest BCUT2D eigenvalue weighted by atomic mass is 32.2. The van der Waals surface area contributed by atoms with E-state index in [4.69, 9.17) is 5.73 Å². The molecule has 2 nitrogen and oxygen atoms in total. The van der Waals surface area contributed by atoms with Gasteiger partial charge in [-0.15, -0.1) is 0 Å². The molecule has 21 heavy (non-hydrogen) atoms. The fourth-order valence-corrected chi connectivity index (χ4v) is 3.83. The van der Waals surface area contributed by atoms with Crippen molar-refractivity contribution in [2.45, 2.75) is 32.6 Å². The first-order valence-corrected chi connectivity index (χ1v) is 8.67. The van der Waals surface area contributed by atoms with E-state index in [9.17, 15) is 4.21 Å². The SMILES string of the molecule is Cc1cccc(CS(=O)CC(N)c2cc(C)cc(C)c2)c1. The van der Waals surface area contributed by atoms with E-state index in [1.807, 2.05) is 25.1 Å². The third-order valence-corrected chi connectivity index (χ3v) is 4.83. The van der Waals surface area contributed by atoms with Crippen molar-refractivity contribution in [1.82, 2.24) is 0 Å². The maximum atomic E-state index is 12.3. The van der Waals surface area contributed by atoms with Gasteiger partial charge >= 0.3 is 0 Å². The minimum atomic E-state index is -0.948. The Balaban J connectivity index is 2.02. The lowest BCUT2D eigenvalue weighted by molar-refractivity contribution is 0.674. The first kappa shape index (κ1) is 15.9. The predicted molar refractivity (Wildman–Crippen MR) is 90.7 cm³/mol. The molecule has 0 aromatic heterocycles. The van der Waals surface area contributed by atoms with Crippen molar-refractivity contribution < 1.29 is 4.21 Å². The molecular formula is C18H23NOS. The summed E-state index contributed by atoms with van der Waals surface area (Å²) < 4.78 is 12.3. The highest BCUT2D eigenvalue weighted by molar-refractivity contribution is 7.84. The monoisotopic (exact) mass is 301 g/mol. The Morgan fingerprint density at radius 2 is 1.67 bits per heavy atom. The number of nitrogens with two attached hydrogens (primary N) is 1. The molecule has 3 heteroatoms. The topological polar surface area (TPSA) is 43.1 Å². The van der Waals surface area contributed by atoms with Crippen molar-refractivity contribution in [3.8, 4) is 0 Å². The fraction of sp³-hybridized carbons (Fsp3) is 0.333. The summed E-state index contributed by atoms with van der Waals surface area (Å²) in [4.78, 5) is 0. The molecule has 0 heterocycles. The number of hydrogen-bond acceptors (Lipinski definition) is 2. The predicted octanol–water partition coefficient (Wildman–Crippen LogP) is 3.56. The van der Waals surface area contributed by atoms with Gasteiger partial charge in [-0.05, 0) is 31.9 Å². The molecule has 2 N–H and O–H groups in total. The van der Waals surface area contributed by atoms with Gasteiger partial charge in [-0.25, -0.2) is 0 Å². The summed E-state index contributed by atoms with van der Waals surface area (Å²) in [5.41, 5.74) is 12.0. The third-order valence-electron chi connectivity index (χ3n) is 3.45. The van der Waals surface area contributed by atoms with Crippen LogP contribution < -0.4 is 5.73 Å². The van der Waals surface area contributed by atoms with Crippen LogP contribution in [0.25, 0.3) is 0 Å². The average Bonchev–Trinajstić information content (AvgIpc) is 2.37. The first-order chi connectivity index (χ1) is 9.94. The molecule has 2 unspecified atom stereocenters. The van der Waals surface area contributed by atoms with Crippen LogP contribution in [0.4, 0.5) is 0 Å². The van der Waals surface area contributed by atoms with Crippen molar-refractivity contribution in [3.63, 3.8) is 0 Å². The first-order valence-electron chi connectivity index (χ1n) is 7.18. The fourth-order valence-electron chi connectivity index (χ4n) is 2.57. The zero-order valence-electron chi connectivity index (χ0n) is 12.9. The van der Waals surface area contributed by atoms with Crippen LogP contribution in [0.1, 0.15) is 33.9 Å². The molecule has 0 spiro atoms. The highest BCUT2D eigenvalue weighted by Gasteiger charge is 2.12. The van der Waals surface area contributed by atoms with Gasteiger partial charge in [0.2, 0.25) is 0 Å². The van der Waals surface area contributed by atoms with Crippen LogP contribution in [-0.2, 0) is 16.6 Å². The van der Waals surface area contributed by atoms with E-state index in [0.717, 1.165) is 11.1 Å². The van der Waals surface area contributed by atoms with E-state index in [1.165, 1.54) is 16.7 Å². The summed E-state index contributed by atoms with van der Waals surface area (Å²) in [6, 6.07) is 14.3. The van der Waals surface area contributed by atoms with Crippen molar-refractivity contribution in [2.24, 2.45) is 5.73 Å². The average molecular weight is 301 g/mol. The lowest BCUT2D eigenvalue weighted by Crippen LogP contribution is -2.19. The van der Waals surface area contributed by atoms with Gasteiger partial charge in [0.15, 0.2) is 0 Å². The van der Waals surface area contributed by atoms with Crippen LogP contribution in [0, 0.1) is 20.8 Å². The maximum Gasteiger partial charge on any atom is 0.0486 e. The van der Waals surface area contributed by atoms with E-state index in [1.54, 1.807) is 0 Å². The molecular weight excluding hydrogens is 278 g/mol. The second-order valence-corrected chi connectivity index (χ2v) is 7.27. The molecule has 0 aliphatic carbocycles. The van der Waals surface area contributed by atoms with E-state index in [2.05, 4.69) is 38.1 Å². The van der Waals surface area contributed by atoms with Gasteiger partial charge < -0.3 is 5.73 Å². The van der Waals surface area contributed by atoms with Crippen molar-refractivity contribution in [1.29, 1.82) is 0 Å². The van der Waals surface area contributed by atoms with Crippen LogP contribution in [0.5, 0.6) is 0 Å².